The van der Waals surface area contributed by atoms with Crippen LogP contribution in [0.25, 0.3) is 0 Å². The Morgan fingerprint density at radius 2 is 1.92 bits per heavy atom. The van der Waals surface area contributed by atoms with Crippen molar-refractivity contribution >= 4 is 39.2 Å². The molecular formula is C16H19N3O3S2. The van der Waals surface area contributed by atoms with E-state index in [2.05, 4.69) is 15.0 Å². The Morgan fingerprint density at radius 1 is 1.17 bits per heavy atom. The van der Waals surface area contributed by atoms with Gasteiger partial charge in [0.05, 0.1) is 4.90 Å². The van der Waals surface area contributed by atoms with Crippen LogP contribution in [0.1, 0.15) is 12.8 Å². The summed E-state index contributed by atoms with van der Waals surface area (Å²) in [6.45, 7) is 0. The Kier molecular flexibility index (Phi) is 6.62. The second-order valence-electron chi connectivity index (χ2n) is 4.99. The van der Waals surface area contributed by atoms with E-state index in [1.165, 1.54) is 18.3 Å². The SMILES string of the molecule is CSCCCC(=O)Nc1ccc(S(=O)(=O)Nc2ccccn2)cc1. The van der Waals surface area contributed by atoms with Gasteiger partial charge in [0.15, 0.2) is 0 Å². The molecule has 0 aliphatic carbocycles. The summed E-state index contributed by atoms with van der Waals surface area (Å²) < 4.78 is 26.9. The van der Waals surface area contributed by atoms with Gasteiger partial charge >= 0.3 is 0 Å². The van der Waals surface area contributed by atoms with Crippen LogP contribution in [-0.4, -0.2) is 31.3 Å². The van der Waals surface area contributed by atoms with Crippen molar-refractivity contribution in [2.75, 3.05) is 22.0 Å². The highest BCUT2D eigenvalue weighted by Gasteiger charge is 2.14. The number of thioether (sulfide) groups is 1. The largest absolute Gasteiger partial charge is 0.326 e. The van der Waals surface area contributed by atoms with Gasteiger partial charge in [-0.15, -0.1) is 0 Å². The summed E-state index contributed by atoms with van der Waals surface area (Å²) in [5.41, 5.74) is 0.570. The van der Waals surface area contributed by atoms with E-state index in [-0.39, 0.29) is 16.6 Å². The number of pyridine rings is 1. The molecule has 0 aliphatic heterocycles. The number of anilines is 2. The maximum absolute atomic E-state index is 12.3. The lowest BCUT2D eigenvalue weighted by atomic mass is 10.3. The summed E-state index contributed by atoms with van der Waals surface area (Å²) >= 11 is 1.70. The molecule has 0 aliphatic rings. The van der Waals surface area contributed by atoms with E-state index in [4.69, 9.17) is 0 Å². The Hall–Kier alpha value is -2.06. The lowest BCUT2D eigenvalue weighted by molar-refractivity contribution is -0.116. The van der Waals surface area contributed by atoms with Crippen molar-refractivity contribution in [3.8, 4) is 0 Å². The average molecular weight is 365 g/mol. The van der Waals surface area contributed by atoms with Gasteiger partial charge in [0, 0.05) is 18.3 Å². The summed E-state index contributed by atoms with van der Waals surface area (Å²) in [4.78, 5) is 15.8. The fourth-order valence-corrected chi connectivity index (χ4v) is 3.38. The van der Waals surface area contributed by atoms with E-state index < -0.39 is 10.0 Å². The molecule has 0 bridgehead atoms. The van der Waals surface area contributed by atoms with E-state index in [9.17, 15) is 13.2 Å². The summed E-state index contributed by atoms with van der Waals surface area (Å²) in [6.07, 6.45) is 4.76. The third-order valence-electron chi connectivity index (χ3n) is 3.10. The normalized spacial score (nSPS) is 11.0. The van der Waals surface area contributed by atoms with Gasteiger partial charge in [-0.1, -0.05) is 6.07 Å². The van der Waals surface area contributed by atoms with Crippen LogP contribution in [0.2, 0.25) is 0 Å². The highest BCUT2D eigenvalue weighted by Crippen LogP contribution is 2.17. The predicted molar refractivity (Wildman–Crippen MR) is 97.7 cm³/mol. The molecule has 0 unspecified atom stereocenters. The molecule has 1 aromatic heterocycles. The van der Waals surface area contributed by atoms with Crippen LogP contribution in [0.3, 0.4) is 0 Å². The summed E-state index contributed by atoms with van der Waals surface area (Å²) in [7, 11) is -3.70. The smallest absolute Gasteiger partial charge is 0.263 e. The van der Waals surface area contributed by atoms with Crippen molar-refractivity contribution in [2.45, 2.75) is 17.7 Å². The van der Waals surface area contributed by atoms with E-state index in [0.29, 0.717) is 12.1 Å². The fraction of sp³-hybridized carbons (Fsp3) is 0.250. The zero-order valence-electron chi connectivity index (χ0n) is 13.2. The number of hydrogen-bond acceptors (Lipinski definition) is 5. The second-order valence-corrected chi connectivity index (χ2v) is 7.66. The first-order chi connectivity index (χ1) is 11.5. The van der Waals surface area contributed by atoms with Crippen molar-refractivity contribution < 1.29 is 13.2 Å². The van der Waals surface area contributed by atoms with Gasteiger partial charge < -0.3 is 5.32 Å². The first kappa shape index (κ1) is 18.3. The molecule has 0 saturated heterocycles. The number of benzene rings is 1. The molecule has 0 saturated carbocycles. The Morgan fingerprint density at radius 3 is 2.54 bits per heavy atom. The Bertz CT molecular complexity index is 763. The third kappa shape index (κ3) is 5.54. The van der Waals surface area contributed by atoms with Gasteiger partial charge in [-0.3, -0.25) is 9.52 Å². The molecule has 0 radical (unpaired) electrons. The molecule has 6 nitrogen and oxygen atoms in total. The molecule has 24 heavy (non-hydrogen) atoms. The number of amides is 1. The lowest BCUT2D eigenvalue weighted by Gasteiger charge is -2.09. The van der Waals surface area contributed by atoms with E-state index in [1.54, 1.807) is 42.1 Å². The van der Waals surface area contributed by atoms with Crippen LogP contribution >= 0.6 is 11.8 Å². The quantitative estimate of drug-likeness (QED) is 0.702. The number of nitrogens with one attached hydrogen (secondary N) is 2. The number of hydrogen-bond donors (Lipinski definition) is 2. The number of nitrogens with zero attached hydrogens (tertiary/aromatic N) is 1. The maximum Gasteiger partial charge on any atom is 0.263 e. The van der Waals surface area contributed by atoms with Crippen LogP contribution in [0.5, 0.6) is 0 Å². The minimum atomic E-state index is -3.70. The monoisotopic (exact) mass is 365 g/mol. The maximum atomic E-state index is 12.3. The van der Waals surface area contributed by atoms with Crippen molar-refractivity contribution in [2.24, 2.45) is 0 Å². The second kappa shape index (κ2) is 8.70. The zero-order chi connectivity index (χ0) is 17.4. The predicted octanol–water partition coefficient (Wildman–Crippen LogP) is 2.96. The summed E-state index contributed by atoms with van der Waals surface area (Å²) in [5, 5.41) is 2.75. The van der Waals surface area contributed by atoms with Gasteiger partial charge in [0.25, 0.3) is 10.0 Å². The standard InChI is InChI=1S/C16H19N3O3S2/c1-23-12-4-6-16(20)18-13-7-9-14(10-8-13)24(21,22)19-15-5-2-3-11-17-15/h2-3,5,7-11H,4,6,12H2,1H3,(H,17,19)(H,18,20). The van der Waals surface area contributed by atoms with Crippen LogP contribution in [0.15, 0.2) is 53.6 Å². The summed E-state index contributed by atoms with van der Waals surface area (Å²) in [6, 6.07) is 11.0. The molecule has 0 fully saturated rings. The molecule has 2 N–H and O–H groups in total. The molecule has 0 atom stereocenters. The number of carbonyl (C=O) groups is 1. The van der Waals surface area contributed by atoms with Gasteiger partial charge in [-0.2, -0.15) is 11.8 Å². The topological polar surface area (TPSA) is 88.2 Å². The number of carbonyl (C=O) groups excluding carboxylic acids is 1. The van der Waals surface area contributed by atoms with Gasteiger partial charge in [-0.25, -0.2) is 13.4 Å². The van der Waals surface area contributed by atoms with E-state index in [0.717, 1.165) is 12.2 Å². The van der Waals surface area contributed by atoms with Gasteiger partial charge in [0.2, 0.25) is 5.91 Å². The third-order valence-corrected chi connectivity index (χ3v) is 5.17. The van der Waals surface area contributed by atoms with Gasteiger partial charge in [-0.05, 0) is 54.8 Å². The molecular weight excluding hydrogens is 346 g/mol. The van der Waals surface area contributed by atoms with Crippen LogP contribution in [-0.2, 0) is 14.8 Å². The summed E-state index contributed by atoms with van der Waals surface area (Å²) in [5.74, 6) is 1.11. The fourth-order valence-electron chi connectivity index (χ4n) is 1.94. The Labute approximate surface area is 146 Å². The van der Waals surface area contributed by atoms with Gasteiger partial charge in [0.1, 0.15) is 5.82 Å². The molecule has 2 rings (SSSR count). The van der Waals surface area contributed by atoms with Crippen molar-refractivity contribution in [3.05, 3.63) is 48.7 Å². The van der Waals surface area contributed by atoms with Crippen LogP contribution in [0.4, 0.5) is 11.5 Å². The molecule has 1 aromatic carbocycles. The number of sulfonamides is 1. The minimum Gasteiger partial charge on any atom is -0.326 e. The van der Waals surface area contributed by atoms with Crippen LogP contribution in [0, 0.1) is 0 Å². The first-order valence-corrected chi connectivity index (χ1v) is 10.2. The minimum absolute atomic E-state index is 0.0775. The van der Waals surface area contributed by atoms with E-state index >= 15 is 0 Å². The number of aromatic nitrogens is 1. The van der Waals surface area contributed by atoms with Crippen molar-refractivity contribution in [1.29, 1.82) is 0 Å². The molecule has 1 heterocycles. The van der Waals surface area contributed by atoms with Crippen LogP contribution < -0.4 is 10.0 Å². The molecule has 0 spiro atoms. The molecule has 8 heteroatoms. The highest BCUT2D eigenvalue weighted by atomic mass is 32.2. The number of rotatable bonds is 8. The van der Waals surface area contributed by atoms with Crippen molar-refractivity contribution in [3.63, 3.8) is 0 Å². The lowest BCUT2D eigenvalue weighted by Crippen LogP contribution is -2.14. The van der Waals surface area contributed by atoms with E-state index in [1.807, 2.05) is 6.26 Å². The zero-order valence-corrected chi connectivity index (χ0v) is 14.9. The van der Waals surface area contributed by atoms with Crippen molar-refractivity contribution in [1.82, 2.24) is 4.98 Å². The average Bonchev–Trinajstić information content (AvgIpc) is 2.56. The Balaban J connectivity index is 1.99. The molecule has 128 valence electrons. The first-order valence-electron chi connectivity index (χ1n) is 7.34. The highest BCUT2D eigenvalue weighted by molar-refractivity contribution is 7.98. The molecule has 2 aromatic rings. The molecule has 1 amide bonds.